The highest BCUT2D eigenvalue weighted by atomic mass is 19.1. The van der Waals surface area contributed by atoms with Crippen LogP contribution >= 0.6 is 0 Å². The van der Waals surface area contributed by atoms with Crippen molar-refractivity contribution in [3.05, 3.63) is 89.4 Å². The second-order valence-corrected chi connectivity index (χ2v) is 5.33. The number of carbonyl (C=O) groups excluding carboxylic acids is 1. The molecule has 3 rings (SSSR count). The van der Waals surface area contributed by atoms with Crippen LogP contribution < -0.4 is 10.1 Å². The number of benzene rings is 2. The first-order chi connectivity index (χ1) is 12.5. The third-order valence-electron chi connectivity index (χ3n) is 3.48. The first kappa shape index (κ1) is 17.5. The van der Waals surface area contributed by atoms with Crippen LogP contribution in [0.1, 0.15) is 15.9 Å². The molecule has 0 unspecified atom stereocenters. The summed E-state index contributed by atoms with van der Waals surface area (Å²) in [6.07, 6.45) is 0.794. The number of hydrogen-bond acceptors (Lipinski definition) is 3. The van der Waals surface area contributed by atoms with Gasteiger partial charge in [-0.2, -0.15) is 0 Å². The zero-order valence-corrected chi connectivity index (χ0v) is 13.4. The molecule has 2 aromatic carbocycles. The van der Waals surface area contributed by atoms with Crippen molar-refractivity contribution in [3.8, 4) is 11.6 Å². The number of ether oxygens (including phenoxy) is 1. The largest absolute Gasteiger partial charge is 0.432 e. The summed E-state index contributed by atoms with van der Waals surface area (Å²) in [5.74, 6) is -4.52. The number of pyridine rings is 1. The monoisotopic (exact) mass is 358 g/mol. The first-order valence-electron chi connectivity index (χ1n) is 7.64. The maximum atomic E-state index is 13.8. The first-order valence-corrected chi connectivity index (χ1v) is 7.64. The molecule has 0 saturated carbocycles. The van der Waals surface area contributed by atoms with Gasteiger partial charge in [-0.15, -0.1) is 0 Å². The third-order valence-corrected chi connectivity index (χ3v) is 3.48. The Labute approximate surface area is 147 Å². The van der Waals surface area contributed by atoms with Gasteiger partial charge in [0.2, 0.25) is 11.6 Å². The molecule has 7 heteroatoms. The molecule has 1 N–H and O–H groups in total. The molecule has 0 fully saturated rings. The van der Waals surface area contributed by atoms with Gasteiger partial charge in [-0.25, -0.2) is 18.2 Å². The van der Waals surface area contributed by atoms with Crippen LogP contribution in [0.3, 0.4) is 0 Å². The summed E-state index contributed by atoms with van der Waals surface area (Å²) in [5, 5.41) is 2.58. The van der Waals surface area contributed by atoms with Gasteiger partial charge >= 0.3 is 0 Å². The van der Waals surface area contributed by atoms with Gasteiger partial charge in [-0.3, -0.25) is 4.79 Å². The second-order valence-electron chi connectivity index (χ2n) is 5.33. The van der Waals surface area contributed by atoms with Gasteiger partial charge in [0.15, 0.2) is 11.6 Å². The summed E-state index contributed by atoms with van der Waals surface area (Å²) in [6.45, 7) is 0.184. The van der Waals surface area contributed by atoms with Crippen LogP contribution in [0.25, 0.3) is 0 Å². The van der Waals surface area contributed by atoms with E-state index < -0.39 is 35.0 Å². The summed E-state index contributed by atoms with van der Waals surface area (Å²) in [5.41, 5.74) is 0.552. The minimum atomic E-state index is -0.966. The van der Waals surface area contributed by atoms with E-state index in [0.717, 1.165) is 30.0 Å². The molecule has 0 aliphatic carbocycles. The smallest absolute Gasteiger partial charge is 0.257 e. The molecular formula is C19H13F3N2O2. The Hall–Kier alpha value is -3.35. The van der Waals surface area contributed by atoms with Crippen molar-refractivity contribution >= 4 is 5.91 Å². The summed E-state index contributed by atoms with van der Waals surface area (Å²) in [7, 11) is 0. The average molecular weight is 358 g/mol. The van der Waals surface area contributed by atoms with E-state index >= 15 is 0 Å². The van der Waals surface area contributed by atoms with Gasteiger partial charge < -0.3 is 10.1 Å². The number of amides is 1. The van der Waals surface area contributed by atoms with E-state index in [-0.39, 0.29) is 12.1 Å². The number of nitrogens with zero attached hydrogens (tertiary/aromatic N) is 1. The molecule has 0 saturated heterocycles. The van der Waals surface area contributed by atoms with Gasteiger partial charge in [0, 0.05) is 6.54 Å². The lowest BCUT2D eigenvalue weighted by atomic mass is 10.2. The van der Waals surface area contributed by atoms with Crippen molar-refractivity contribution in [2.45, 2.75) is 6.54 Å². The minimum Gasteiger partial charge on any atom is -0.432 e. The molecule has 1 heterocycles. The minimum absolute atomic E-state index is 0.184. The predicted octanol–water partition coefficient (Wildman–Crippen LogP) is 4.22. The fourth-order valence-electron chi connectivity index (χ4n) is 2.22. The van der Waals surface area contributed by atoms with Crippen LogP contribution in [0, 0.1) is 17.5 Å². The Kier molecular flexibility index (Phi) is 5.17. The van der Waals surface area contributed by atoms with Crippen LogP contribution in [-0.2, 0) is 6.54 Å². The number of rotatable bonds is 5. The van der Waals surface area contributed by atoms with Gasteiger partial charge in [0.25, 0.3) is 5.91 Å². The molecule has 0 bridgehead atoms. The SMILES string of the molecule is O=C(NCc1ccccc1)c1cc(F)cnc1Oc1c(F)cccc1F. The molecular weight excluding hydrogens is 345 g/mol. The van der Waals surface area contributed by atoms with E-state index in [4.69, 9.17) is 4.74 Å². The number of halogens is 3. The zero-order valence-electron chi connectivity index (χ0n) is 13.4. The maximum Gasteiger partial charge on any atom is 0.257 e. The van der Waals surface area contributed by atoms with Crippen molar-refractivity contribution in [1.82, 2.24) is 10.3 Å². The van der Waals surface area contributed by atoms with Gasteiger partial charge in [0.1, 0.15) is 11.4 Å². The second kappa shape index (κ2) is 7.69. The van der Waals surface area contributed by atoms with Crippen LogP contribution in [0.15, 0.2) is 60.8 Å². The highest BCUT2D eigenvalue weighted by molar-refractivity contribution is 5.96. The predicted molar refractivity (Wildman–Crippen MR) is 88.2 cm³/mol. The highest BCUT2D eigenvalue weighted by Crippen LogP contribution is 2.28. The zero-order chi connectivity index (χ0) is 18.5. The van der Waals surface area contributed by atoms with Crippen LogP contribution in [-0.4, -0.2) is 10.9 Å². The molecule has 26 heavy (non-hydrogen) atoms. The van der Waals surface area contributed by atoms with Gasteiger partial charge in [-0.1, -0.05) is 36.4 Å². The molecule has 0 spiro atoms. The Morgan fingerprint density at radius 2 is 1.69 bits per heavy atom. The number of hydrogen-bond donors (Lipinski definition) is 1. The Balaban J connectivity index is 1.85. The fraction of sp³-hybridized carbons (Fsp3) is 0.0526. The normalized spacial score (nSPS) is 10.4. The molecule has 0 aliphatic heterocycles. The molecule has 1 aromatic heterocycles. The molecule has 3 aromatic rings. The molecule has 132 valence electrons. The van der Waals surface area contributed by atoms with E-state index in [1.54, 1.807) is 24.3 Å². The van der Waals surface area contributed by atoms with Crippen molar-refractivity contribution in [3.63, 3.8) is 0 Å². The van der Waals surface area contributed by atoms with Gasteiger partial charge in [0.05, 0.1) is 6.20 Å². The summed E-state index contributed by atoms with van der Waals surface area (Å²) >= 11 is 0. The quantitative estimate of drug-likeness (QED) is 0.743. The molecule has 0 radical (unpaired) electrons. The van der Waals surface area contributed by atoms with E-state index in [9.17, 15) is 18.0 Å². The summed E-state index contributed by atoms with van der Waals surface area (Å²) < 4.78 is 46.1. The lowest BCUT2D eigenvalue weighted by molar-refractivity contribution is 0.0947. The van der Waals surface area contributed by atoms with Crippen molar-refractivity contribution in [2.75, 3.05) is 0 Å². The third kappa shape index (κ3) is 4.00. The van der Waals surface area contributed by atoms with E-state index in [2.05, 4.69) is 10.3 Å². The van der Waals surface area contributed by atoms with Crippen LogP contribution in [0.4, 0.5) is 13.2 Å². The topological polar surface area (TPSA) is 51.2 Å². The lowest BCUT2D eigenvalue weighted by Crippen LogP contribution is -2.23. The lowest BCUT2D eigenvalue weighted by Gasteiger charge is -2.11. The Bertz CT molecular complexity index is 913. The molecule has 1 amide bonds. The van der Waals surface area contributed by atoms with Gasteiger partial charge in [-0.05, 0) is 23.8 Å². The van der Waals surface area contributed by atoms with E-state index in [1.807, 2.05) is 6.07 Å². The average Bonchev–Trinajstić information content (AvgIpc) is 2.64. The number of aromatic nitrogens is 1. The van der Waals surface area contributed by atoms with Crippen molar-refractivity contribution < 1.29 is 22.7 Å². The Morgan fingerprint density at radius 1 is 1.00 bits per heavy atom. The van der Waals surface area contributed by atoms with E-state index in [1.165, 1.54) is 6.07 Å². The number of nitrogens with one attached hydrogen (secondary N) is 1. The molecule has 0 atom stereocenters. The number of carbonyl (C=O) groups is 1. The molecule has 4 nitrogen and oxygen atoms in total. The summed E-state index contributed by atoms with van der Waals surface area (Å²) in [4.78, 5) is 16.0. The maximum absolute atomic E-state index is 13.8. The van der Waals surface area contributed by atoms with Crippen molar-refractivity contribution in [1.29, 1.82) is 0 Å². The highest BCUT2D eigenvalue weighted by Gasteiger charge is 2.19. The Morgan fingerprint density at radius 3 is 2.38 bits per heavy atom. The van der Waals surface area contributed by atoms with Crippen LogP contribution in [0.2, 0.25) is 0 Å². The molecule has 0 aliphatic rings. The summed E-state index contributed by atoms with van der Waals surface area (Å²) in [6, 6.07) is 13.1. The standard InChI is InChI=1S/C19H13F3N2O2/c20-13-9-14(18(25)23-10-12-5-2-1-3-6-12)19(24-11-13)26-17-15(21)7-4-8-16(17)22/h1-9,11H,10H2,(H,23,25). The van der Waals surface area contributed by atoms with Crippen molar-refractivity contribution in [2.24, 2.45) is 0 Å². The fourth-order valence-corrected chi connectivity index (χ4v) is 2.22. The number of para-hydroxylation sites is 1. The van der Waals surface area contributed by atoms with E-state index in [0.29, 0.717) is 0 Å². The van der Waals surface area contributed by atoms with Crippen LogP contribution in [0.5, 0.6) is 11.6 Å².